The van der Waals surface area contributed by atoms with Crippen molar-refractivity contribution in [2.24, 2.45) is 5.92 Å². The first-order chi connectivity index (χ1) is 6.68. The van der Waals surface area contributed by atoms with E-state index in [1.54, 1.807) is 6.20 Å². The van der Waals surface area contributed by atoms with E-state index in [0.29, 0.717) is 23.6 Å². The van der Waals surface area contributed by atoms with Gasteiger partial charge in [-0.05, 0) is 18.8 Å². The largest absolute Gasteiger partial charge is 0.477 e. The Morgan fingerprint density at radius 2 is 2.21 bits per heavy atom. The van der Waals surface area contributed by atoms with Crippen LogP contribution in [0.5, 0.6) is 5.88 Å². The predicted octanol–water partition coefficient (Wildman–Crippen LogP) is 2.95. The van der Waals surface area contributed by atoms with Gasteiger partial charge in [0.2, 0.25) is 5.88 Å². The van der Waals surface area contributed by atoms with Crippen LogP contribution in [-0.2, 0) is 0 Å². The molecule has 0 aliphatic rings. The second-order valence-electron chi connectivity index (χ2n) is 3.56. The van der Waals surface area contributed by atoms with Crippen molar-refractivity contribution in [3.8, 4) is 5.88 Å². The van der Waals surface area contributed by atoms with Gasteiger partial charge in [0.25, 0.3) is 0 Å². The van der Waals surface area contributed by atoms with Crippen molar-refractivity contribution in [1.29, 1.82) is 0 Å². The van der Waals surface area contributed by atoms with E-state index >= 15 is 0 Å². The fourth-order valence-electron chi connectivity index (χ4n) is 1.06. The van der Waals surface area contributed by atoms with Gasteiger partial charge in [0, 0.05) is 0 Å². The summed E-state index contributed by atoms with van der Waals surface area (Å²) < 4.78 is 5.38. The molecule has 0 bridgehead atoms. The first-order valence-electron chi connectivity index (χ1n) is 4.79. The van der Waals surface area contributed by atoms with Crippen LogP contribution in [0.15, 0.2) is 12.4 Å². The molecule has 0 aliphatic carbocycles. The van der Waals surface area contributed by atoms with E-state index in [-0.39, 0.29) is 0 Å². The van der Waals surface area contributed by atoms with Crippen LogP contribution in [0.3, 0.4) is 0 Å². The molecule has 0 saturated heterocycles. The van der Waals surface area contributed by atoms with Crippen molar-refractivity contribution in [3.63, 3.8) is 0 Å². The van der Waals surface area contributed by atoms with Crippen LogP contribution in [0.2, 0.25) is 5.15 Å². The van der Waals surface area contributed by atoms with Gasteiger partial charge in [0.05, 0.1) is 19.0 Å². The van der Waals surface area contributed by atoms with E-state index < -0.39 is 0 Å². The molecule has 1 aromatic rings. The summed E-state index contributed by atoms with van der Waals surface area (Å²) in [7, 11) is 0. The number of halogens is 1. The maximum atomic E-state index is 5.65. The average molecular weight is 215 g/mol. The van der Waals surface area contributed by atoms with Gasteiger partial charge in [-0.15, -0.1) is 0 Å². The highest BCUT2D eigenvalue weighted by atomic mass is 35.5. The Kier molecular flexibility index (Phi) is 4.66. The molecule has 0 unspecified atom stereocenters. The number of aromatic nitrogens is 2. The highest BCUT2D eigenvalue weighted by molar-refractivity contribution is 6.29. The van der Waals surface area contributed by atoms with Crippen LogP contribution in [-0.4, -0.2) is 16.6 Å². The fourth-order valence-corrected chi connectivity index (χ4v) is 1.20. The Morgan fingerprint density at radius 3 is 2.86 bits per heavy atom. The second-order valence-corrected chi connectivity index (χ2v) is 3.95. The van der Waals surface area contributed by atoms with Crippen molar-refractivity contribution < 1.29 is 4.74 Å². The molecule has 0 atom stereocenters. The van der Waals surface area contributed by atoms with Crippen LogP contribution in [0, 0.1) is 5.92 Å². The van der Waals surface area contributed by atoms with E-state index in [1.807, 2.05) is 0 Å². The summed E-state index contributed by atoms with van der Waals surface area (Å²) in [5.74, 6) is 1.21. The third-order valence-electron chi connectivity index (χ3n) is 1.76. The number of hydrogen-bond acceptors (Lipinski definition) is 3. The van der Waals surface area contributed by atoms with Crippen LogP contribution in [0.1, 0.15) is 26.7 Å². The molecule has 0 spiro atoms. The van der Waals surface area contributed by atoms with Crippen LogP contribution >= 0.6 is 11.6 Å². The van der Waals surface area contributed by atoms with Crippen LogP contribution in [0.25, 0.3) is 0 Å². The molecule has 1 aromatic heterocycles. The minimum atomic E-state index is 0.367. The van der Waals surface area contributed by atoms with E-state index in [2.05, 4.69) is 23.8 Å². The monoisotopic (exact) mass is 214 g/mol. The second kappa shape index (κ2) is 5.81. The minimum Gasteiger partial charge on any atom is -0.477 e. The van der Waals surface area contributed by atoms with Crippen molar-refractivity contribution in [1.82, 2.24) is 9.97 Å². The zero-order chi connectivity index (χ0) is 10.4. The topological polar surface area (TPSA) is 35.0 Å². The lowest BCUT2D eigenvalue weighted by atomic mass is 10.1. The molecule has 0 amide bonds. The summed E-state index contributed by atoms with van der Waals surface area (Å²) in [6.07, 6.45) is 5.25. The molecule has 3 nitrogen and oxygen atoms in total. The maximum absolute atomic E-state index is 5.65. The van der Waals surface area contributed by atoms with Crippen molar-refractivity contribution >= 4 is 11.6 Å². The van der Waals surface area contributed by atoms with Crippen molar-refractivity contribution in [2.75, 3.05) is 6.61 Å². The number of rotatable bonds is 5. The summed E-state index contributed by atoms with van der Waals surface area (Å²) in [6.45, 7) is 5.06. The van der Waals surface area contributed by atoms with Gasteiger partial charge in [0.15, 0.2) is 5.15 Å². The number of nitrogens with zero attached hydrogens (tertiary/aromatic N) is 2. The summed E-state index contributed by atoms with van der Waals surface area (Å²) >= 11 is 5.65. The Bertz CT molecular complexity index is 279. The molecule has 0 fully saturated rings. The summed E-state index contributed by atoms with van der Waals surface area (Å²) in [6, 6.07) is 0. The minimum absolute atomic E-state index is 0.367. The number of hydrogen-bond donors (Lipinski definition) is 0. The van der Waals surface area contributed by atoms with Crippen LogP contribution in [0.4, 0.5) is 0 Å². The summed E-state index contributed by atoms with van der Waals surface area (Å²) in [4.78, 5) is 7.85. The zero-order valence-electron chi connectivity index (χ0n) is 8.53. The maximum Gasteiger partial charge on any atom is 0.233 e. The van der Waals surface area contributed by atoms with E-state index in [4.69, 9.17) is 16.3 Å². The normalized spacial score (nSPS) is 10.6. The lowest BCUT2D eigenvalue weighted by molar-refractivity contribution is 0.286. The fraction of sp³-hybridized carbons (Fsp3) is 0.600. The molecular formula is C10H15ClN2O. The molecule has 0 aliphatic heterocycles. The van der Waals surface area contributed by atoms with Gasteiger partial charge in [-0.3, -0.25) is 4.98 Å². The Labute approximate surface area is 89.5 Å². The van der Waals surface area contributed by atoms with E-state index in [9.17, 15) is 0 Å². The van der Waals surface area contributed by atoms with Gasteiger partial charge >= 0.3 is 0 Å². The lowest BCUT2D eigenvalue weighted by Crippen LogP contribution is -2.01. The molecular weight excluding hydrogens is 200 g/mol. The van der Waals surface area contributed by atoms with Crippen LogP contribution < -0.4 is 4.74 Å². The quantitative estimate of drug-likeness (QED) is 0.707. The summed E-state index contributed by atoms with van der Waals surface area (Å²) in [5, 5.41) is 0.367. The first-order valence-corrected chi connectivity index (χ1v) is 5.16. The molecule has 1 rings (SSSR count). The number of ether oxygens (including phenoxy) is 1. The SMILES string of the molecule is CC(C)CCCOc1cncc(Cl)n1. The standard InChI is InChI=1S/C10H15ClN2O/c1-8(2)4-3-5-14-10-7-12-6-9(11)13-10/h6-8H,3-5H2,1-2H3. The van der Waals surface area contributed by atoms with Gasteiger partial charge in [-0.2, -0.15) is 4.98 Å². The Morgan fingerprint density at radius 1 is 1.43 bits per heavy atom. The molecule has 78 valence electrons. The smallest absolute Gasteiger partial charge is 0.233 e. The van der Waals surface area contributed by atoms with Crippen molar-refractivity contribution in [2.45, 2.75) is 26.7 Å². The molecule has 0 aromatic carbocycles. The highest BCUT2D eigenvalue weighted by Gasteiger charge is 1.98. The molecule has 0 saturated carbocycles. The van der Waals surface area contributed by atoms with E-state index in [1.165, 1.54) is 6.20 Å². The van der Waals surface area contributed by atoms with Crippen molar-refractivity contribution in [3.05, 3.63) is 17.5 Å². The molecule has 14 heavy (non-hydrogen) atoms. The zero-order valence-corrected chi connectivity index (χ0v) is 9.29. The van der Waals surface area contributed by atoms with Gasteiger partial charge in [-0.25, -0.2) is 0 Å². The average Bonchev–Trinajstić information content (AvgIpc) is 2.12. The van der Waals surface area contributed by atoms with E-state index in [0.717, 1.165) is 12.8 Å². The molecule has 0 radical (unpaired) electrons. The van der Waals surface area contributed by atoms with Gasteiger partial charge in [0.1, 0.15) is 0 Å². The summed E-state index contributed by atoms with van der Waals surface area (Å²) in [5.41, 5.74) is 0. The third-order valence-corrected chi connectivity index (χ3v) is 1.94. The Hall–Kier alpha value is -0.830. The molecule has 1 heterocycles. The van der Waals surface area contributed by atoms with Gasteiger partial charge < -0.3 is 4.74 Å². The highest BCUT2D eigenvalue weighted by Crippen LogP contribution is 2.10. The molecule has 4 heteroatoms. The van der Waals surface area contributed by atoms with Gasteiger partial charge in [-0.1, -0.05) is 25.4 Å². The Balaban J connectivity index is 2.25. The predicted molar refractivity (Wildman–Crippen MR) is 56.6 cm³/mol. The first kappa shape index (κ1) is 11.2. The molecule has 0 N–H and O–H groups in total. The third kappa shape index (κ3) is 4.42. The lowest BCUT2D eigenvalue weighted by Gasteiger charge is -2.06.